The Balaban J connectivity index is 2.82. The molecular weight excluding hydrogens is 236 g/mol. The summed E-state index contributed by atoms with van der Waals surface area (Å²) in [5.74, 6) is -0.862. The van der Waals surface area contributed by atoms with Crippen LogP contribution in [0.3, 0.4) is 0 Å². The van der Waals surface area contributed by atoms with Gasteiger partial charge in [-0.2, -0.15) is 0 Å². The van der Waals surface area contributed by atoms with Gasteiger partial charge in [0, 0.05) is 5.92 Å². The van der Waals surface area contributed by atoms with Crippen molar-refractivity contribution in [2.75, 3.05) is 13.7 Å². The number of nitrogens with zero attached hydrogens (tertiary/aromatic N) is 2. The van der Waals surface area contributed by atoms with Crippen LogP contribution in [0.2, 0.25) is 0 Å². The average molecular weight is 257 g/mol. The predicted molar refractivity (Wildman–Crippen MR) is 65.0 cm³/mol. The molecule has 1 aliphatic rings. The van der Waals surface area contributed by atoms with E-state index in [1.807, 2.05) is 20.8 Å². The first-order valence-electron chi connectivity index (χ1n) is 6.06. The average Bonchev–Trinajstić information content (AvgIpc) is 2.34. The maximum absolute atomic E-state index is 9.45. The summed E-state index contributed by atoms with van der Waals surface area (Å²) in [6.45, 7) is 6.29. The third-order valence-corrected chi connectivity index (χ3v) is 3.09. The molecule has 0 spiro atoms. The molecule has 1 fully saturated rings. The Morgan fingerprint density at radius 1 is 1.56 bits per heavy atom. The van der Waals surface area contributed by atoms with E-state index in [1.165, 1.54) is 7.11 Å². The molecule has 18 heavy (non-hydrogen) atoms. The molecule has 6 heteroatoms. The second-order valence-electron chi connectivity index (χ2n) is 4.80. The lowest BCUT2D eigenvalue weighted by atomic mass is 9.95. The number of diazo groups is 1. The van der Waals surface area contributed by atoms with E-state index in [1.54, 1.807) is 0 Å². The van der Waals surface area contributed by atoms with Crippen molar-refractivity contribution in [1.82, 2.24) is 0 Å². The first-order valence-corrected chi connectivity index (χ1v) is 6.06. The molecule has 0 aromatic heterocycles. The third-order valence-electron chi connectivity index (χ3n) is 3.09. The highest BCUT2D eigenvalue weighted by molar-refractivity contribution is 5.11. The van der Waals surface area contributed by atoms with Crippen LogP contribution >= 0.6 is 0 Å². The Morgan fingerprint density at radius 3 is 2.72 bits per heavy atom. The number of ether oxygens (including phenoxy) is 3. The topological polar surface area (TPSA) is 76.1 Å². The quantitative estimate of drug-likeness (QED) is 0.619. The van der Waals surface area contributed by atoms with E-state index in [0.29, 0.717) is 6.61 Å². The van der Waals surface area contributed by atoms with E-state index in [4.69, 9.17) is 14.9 Å². The molecule has 0 bridgehead atoms. The molecule has 1 rings (SSSR count). The molecule has 1 saturated heterocycles. The van der Waals surface area contributed by atoms with Crippen LogP contribution in [-0.2, 0) is 14.2 Å². The molecule has 2 atom stereocenters. The van der Waals surface area contributed by atoms with Crippen molar-refractivity contribution in [3.8, 4) is 0 Å². The first kappa shape index (κ1) is 14.7. The molecule has 1 N–H and O–H groups in total. The van der Waals surface area contributed by atoms with Crippen LogP contribution in [0.1, 0.15) is 33.6 Å². The highest BCUT2D eigenvalue weighted by Gasteiger charge is 2.39. The van der Waals surface area contributed by atoms with Gasteiger partial charge in [0.2, 0.25) is 5.39 Å². The molecule has 0 unspecified atom stereocenters. The highest BCUT2D eigenvalue weighted by Crippen LogP contribution is 2.32. The molecule has 1 aliphatic heterocycles. The van der Waals surface area contributed by atoms with Crippen molar-refractivity contribution in [2.24, 2.45) is 5.92 Å². The van der Waals surface area contributed by atoms with Gasteiger partial charge in [0.25, 0.3) is 0 Å². The van der Waals surface area contributed by atoms with E-state index in [-0.39, 0.29) is 30.1 Å². The minimum atomic E-state index is -0.667. The molecule has 6 nitrogen and oxygen atoms in total. The molecule has 0 saturated carbocycles. The summed E-state index contributed by atoms with van der Waals surface area (Å²) in [6, 6.07) is 0. The van der Waals surface area contributed by atoms with Crippen LogP contribution in [0.5, 0.6) is 0 Å². The van der Waals surface area contributed by atoms with Gasteiger partial charge in [0.1, 0.15) is 0 Å². The fraction of sp³-hybridized carbons (Fsp3) is 0.833. The van der Waals surface area contributed by atoms with Gasteiger partial charge in [-0.3, -0.25) is 0 Å². The fourth-order valence-electron chi connectivity index (χ4n) is 1.98. The Hall–Kier alpha value is -1.32. The van der Waals surface area contributed by atoms with Crippen LogP contribution in [0.15, 0.2) is 11.6 Å². The van der Waals surface area contributed by atoms with Crippen LogP contribution in [-0.4, -0.2) is 30.7 Å². The van der Waals surface area contributed by atoms with Crippen molar-refractivity contribution < 1.29 is 19.3 Å². The zero-order valence-corrected chi connectivity index (χ0v) is 11.3. The van der Waals surface area contributed by atoms with E-state index in [2.05, 4.69) is 9.71 Å². The smallest absolute Gasteiger partial charge is 0.443 e. The lowest BCUT2D eigenvalue weighted by molar-refractivity contribution is -0.292. The van der Waals surface area contributed by atoms with E-state index >= 15 is 0 Å². The summed E-state index contributed by atoms with van der Waals surface area (Å²) in [5.41, 5.74) is 0.0821. The SMILES string of the molecule is CC[C@@H]1COC(C)(C)O[C@H]1C/C([N+]#N)=C(\O)OC. The van der Waals surface area contributed by atoms with Gasteiger partial charge in [-0.05, 0) is 20.3 Å². The maximum Gasteiger partial charge on any atom is 0.443 e. The summed E-state index contributed by atoms with van der Waals surface area (Å²) in [7, 11) is 1.31. The number of aliphatic hydroxyl groups is 1. The minimum Gasteiger partial charge on any atom is -0.475 e. The van der Waals surface area contributed by atoms with Crippen molar-refractivity contribution >= 4 is 0 Å². The van der Waals surface area contributed by atoms with Gasteiger partial charge in [-0.1, -0.05) is 6.92 Å². The van der Waals surface area contributed by atoms with Gasteiger partial charge in [-0.15, -0.1) is 0 Å². The van der Waals surface area contributed by atoms with Gasteiger partial charge in [0.05, 0.1) is 26.2 Å². The third kappa shape index (κ3) is 3.59. The Morgan fingerprint density at radius 2 is 2.22 bits per heavy atom. The lowest BCUT2D eigenvalue weighted by Crippen LogP contribution is -2.45. The lowest BCUT2D eigenvalue weighted by Gasteiger charge is -2.40. The van der Waals surface area contributed by atoms with Crippen LogP contribution in [0, 0.1) is 11.3 Å². The molecule has 102 valence electrons. The summed E-state index contributed by atoms with van der Waals surface area (Å²) < 4.78 is 16.0. The summed E-state index contributed by atoms with van der Waals surface area (Å²) in [5, 5.41) is 18.3. The van der Waals surface area contributed by atoms with Crippen LogP contribution in [0.25, 0.3) is 4.98 Å². The highest BCUT2D eigenvalue weighted by atomic mass is 16.7. The fourth-order valence-corrected chi connectivity index (χ4v) is 1.98. The first-order chi connectivity index (χ1) is 8.43. The van der Waals surface area contributed by atoms with Crippen molar-refractivity contribution in [1.29, 1.82) is 5.39 Å². The van der Waals surface area contributed by atoms with Crippen LogP contribution < -0.4 is 0 Å². The van der Waals surface area contributed by atoms with Gasteiger partial charge in [0.15, 0.2) is 10.8 Å². The molecule has 0 aromatic carbocycles. The Labute approximate surface area is 107 Å². The number of hydrogen-bond acceptors (Lipinski definition) is 5. The Bertz CT molecular complexity index is 360. The summed E-state index contributed by atoms with van der Waals surface area (Å²) in [4.78, 5) is 3.05. The van der Waals surface area contributed by atoms with Crippen molar-refractivity contribution in [3.05, 3.63) is 16.6 Å². The van der Waals surface area contributed by atoms with Gasteiger partial charge < -0.3 is 19.3 Å². The van der Waals surface area contributed by atoms with Gasteiger partial charge in [-0.25, -0.2) is 0 Å². The molecular formula is C12H21N2O4+. The number of methoxy groups -OCH3 is 1. The molecule has 0 radical (unpaired) electrons. The molecule has 0 aromatic rings. The minimum absolute atomic E-state index is 0.0821. The zero-order valence-electron chi connectivity index (χ0n) is 11.3. The maximum atomic E-state index is 9.45. The number of aliphatic hydroxyl groups excluding tert-OH is 1. The molecule has 1 heterocycles. The molecule has 0 amide bonds. The largest absolute Gasteiger partial charge is 0.475 e. The van der Waals surface area contributed by atoms with E-state index in [9.17, 15) is 5.11 Å². The zero-order chi connectivity index (χ0) is 13.8. The van der Waals surface area contributed by atoms with Crippen molar-refractivity contribution in [3.63, 3.8) is 0 Å². The number of hydrogen-bond donors (Lipinski definition) is 1. The summed E-state index contributed by atoms with van der Waals surface area (Å²) >= 11 is 0. The predicted octanol–water partition coefficient (Wildman–Crippen LogP) is 2.78. The van der Waals surface area contributed by atoms with Crippen molar-refractivity contribution in [2.45, 2.75) is 45.5 Å². The molecule has 0 aliphatic carbocycles. The van der Waals surface area contributed by atoms with Crippen LogP contribution in [0.4, 0.5) is 0 Å². The van der Waals surface area contributed by atoms with E-state index in [0.717, 1.165) is 6.42 Å². The standard InChI is InChI=1S/C12H20N2O4/c1-5-8-7-17-12(2,3)18-10(8)6-9(14-13)11(15)16-4/h8,10H,5-7H2,1-4H3/p+1/b11-9-/t8-,10+/m1/s1. The number of rotatable bonds is 4. The Kier molecular flexibility index (Phi) is 4.93. The van der Waals surface area contributed by atoms with Gasteiger partial charge >= 0.3 is 11.6 Å². The van der Waals surface area contributed by atoms with E-state index < -0.39 is 5.79 Å². The summed E-state index contributed by atoms with van der Waals surface area (Å²) in [6.07, 6.45) is 0.983. The second kappa shape index (κ2) is 6.03. The monoisotopic (exact) mass is 257 g/mol. The normalized spacial score (nSPS) is 28.2. The second-order valence-corrected chi connectivity index (χ2v) is 4.80.